The Morgan fingerprint density at radius 3 is 2.40 bits per heavy atom. The molecule has 0 radical (unpaired) electrons. The maximum atomic E-state index is 12.1. The third kappa shape index (κ3) is 7.90. The molecule has 0 aliphatic rings. The van der Waals surface area contributed by atoms with Crippen LogP contribution in [0.1, 0.15) is 12.0 Å². The first kappa shape index (κ1) is 20.8. The number of hydrogen-bond acceptors (Lipinski definition) is 6. The summed E-state index contributed by atoms with van der Waals surface area (Å²) in [6.07, 6.45) is 1.18. The van der Waals surface area contributed by atoms with E-state index in [2.05, 4.69) is 10.6 Å². The van der Waals surface area contributed by atoms with E-state index < -0.39 is 36.7 Å². The molecule has 2 amide bonds. The minimum absolute atomic E-state index is 0.0118. The van der Waals surface area contributed by atoms with Crippen LogP contribution < -0.4 is 10.6 Å². The van der Waals surface area contributed by atoms with E-state index in [0.29, 0.717) is 5.75 Å². The van der Waals surface area contributed by atoms with Gasteiger partial charge in [-0.3, -0.25) is 4.79 Å². The molecule has 25 heavy (non-hydrogen) atoms. The first-order chi connectivity index (χ1) is 12.0. The monoisotopic (exact) mass is 370 g/mol. The van der Waals surface area contributed by atoms with E-state index >= 15 is 0 Å². The smallest absolute Gasteiger partial charge is 0.408 e. The Kier molecular flexibility index (Phi) is 9.41. The lowest BCUT2D eigenvalue weighted by Gasteiger charge is -2.19. The number of carboxylic acid groups (broad SMARTS) is 1. The van der Waals surface area contributed by atoms with Crippen LogP contribution in [0.4, 0.5) is 4.79 Å². The van der Waals surface area contributed by atoms with E-state index in [1.807, 2.05) is 12.3 Å². The van der Waals surface area contributed by atoms with Gasteiger partial charge in [-0.05, 0) is 24.0 Å². The first-order valence-corrected chi connectivity index (χ1v) is 8.97. The van der Waals surface area contributed by atoms with Gasteiger partial charge in [0.2, 0.25) is 5.91 Å². The highest BCUT2D eigenvalue weighted by Gasteiger charge is 2.26. The fourth-order valence-electron chi connectivity index (χ4n) is 1.87. The van der Waals surface area contributed by atoms with Gasteiger partial charge in [-0.1, -0.05) is 30.3 Å². The molecule has 1 rings (SSSR count). The predicted octanol–water partition coefficient (Wildman–Crippen LogP) is 0.596. The van der Waals surface area contributed by atoms with Crippen LogP contribution in [0.5, 0.6) is 0 Å². The summed E-state index contributed by atoms with van der Waals surface area (Å²) in [7, 11) is 0. The van der Waals surface area contributed by atoms with Gasteiger partial charge in [-0.2, -0.15) is 11.8 Å². The number of nitrogens with one attached hydrogen (secondary N) is 2. The molecule has 0 unspecified atom stereocenters. The van der Waals surface area contributed by atoms with Crippen molar-refractivity contribution < 1.29 is 29.3 Å². The van der Waals surface area contributed by atoms with Crippen LogP contribution in [0.25, 0.3) is 0 Å². The number of benzene rings is 1. The van der Waals surface area contributed by atoms with E-state index in [1.165, 1.54) is 11.8 Å². The molecule has 138 valence electrons. The first-order valence-electron chi connectivity index (χ1n) is 7.58. The number of alkyl carbamates (subject to hydrolysis) is 1. The average Bonchev–Trinajstić information content (AvgIpc) is 2.61. The van der Waals surface area contributed by atoms with Crippen LogP contribution in [-0.4, -0.2) is 58.9 Å². The Morgan fingerprint density at radius 2 is 1.84 bits per heavy atom. The summed E-state index contributed by atoms with van der Waals surface area (Å²) >= 11 is 1.45. The number of ether oxygens (including phenoxy) is 1. The lowest BCUT2D eigenvalue weighted by molar-refractivity contribution is -0.142. The number of rotatable bonds is 10. The molecule has 1 aromatic rings. The van der Waals surface area contributed by atoms with Gasteiger partial charge in [-0.15, -0.1) is 0 Å². The Morgan fingerprint density at radius 1 is 1.16 bits per heavy atom. The number of carbonyl (C=O) groups excluding carboxylic acids is 2. The second kappa shape index (κ2) is 11.3. The molecule has 2 atom stereocenters. The molecule has 0 aliphatic carbocycles. The summed E-state index contributed by atoms with van der Waals surface area (Å²) in [4.78, 5) is 34.9. The van der Waals surface area contributed by atoms with Gasteiger partial charge in [0.15, 0.2) is 0 Å². The number of hydrogen-bond donors (Lipinski definition) is 4. The van der Waals surface area contributed by atoms with Crippen LogP contribution in [0, 0.1) is 0 Å². The average molecular weight is 370 g/mol. The van der Waals surface area contributed by atoms with Gasteiger partial charge in [0.1, 0.15) is 18.7 Å². The predicted molar refractivity (Wildman–Crippen MR) is 93.2 cm³/mol. The van der Waals surface area contributed by atoms with Gasteiger partial charge < -0.3 is 25.6 Å². The summed E-state index contributed by atoms with van der Waals surface area (Å²) in [6, 6.07) is 6.57. The van der Waals surface area contributed by atoms with E-state index in [0.717, 1.165) is 5.56 Å². The van der Waals surface area contributed by atoms with Crippen LogP contribution in [0.2, 0.25) is 0 Å². The number of carboxylic acids is 1. The van der Waals surface area contributed by atoms with Crippen LogP contribution in [0.3, 0.4) is 0 Å². The van der Waals surface area contributed by atoms with Crippen LogP contribution in [-0.2, 0) is 20.9 Å². The maximum Gasteiger partial charge on any atom is 0.408 e. The zero-order valence-corrected chi connectivity index (χ0v) is 14.6. The van der Waals surface area contributed by atoms with Crippen molar-refractivity contribution in [3.05, 3.63) is 35.9 Å². The zero-order valence-electron chi connectivity index (χ0n) is 13.8. The van der Waals surface area contributed by atoms with Crippen molar-refractivity contribution in [3.8, 4) is 0 Å². The largest absolute Gasteiger partial charge is 0.480 e. The third-order valence-electron chi connectivity index (χ3n) is 3.23. The summed E-state index contributed by atoms with van der Waals surface area (Å²) in [5, 5.41) is 22.9. The summed E-state index contributed by atoms with van der Waals surface area (Å²) in [5.74, 6) is -1.41. The molecule has 1 aromatic carbocycles. The van der Waals surface area contributed by atoms with Crippen molar-refractivity contribution in [2.24, 2.45) is 0 Å². The third-order valence-corrected chi connectivity index (χ3v) is 3.87. The van der Waals surface area contributed by atoms with Gasteiger partial charge in [0.05, 0.1) is 6.61 Å². The zero-order chi connectivity index (χ0) is 18.7. The van der Waals surface area contributed by atoms with Crippen molar-refractivity contribution in [3.63, 3.8) is 0 Å². The topological polar surface area (TPSA) is 125 Å². The van der Waals surface area contributed by atoms with Gasteiger partial charge in [-0.25, -0.2) is 9.59 Å². The quantitative estimate of drug-likeness (QED) is 0.475. The number of thioether (sulfide) groups is 1. The Bertz CT molecular complexity index is 569. The van der Waals surface area contributed by atoms with Crippen molar-refractivity contribution >= 4 is 29.7 Å². The van der Waals surface area contributed by atoms with Crippen molar-refractivity contribution in [2.45, 2.75) is 25.1 Å². The second-order valence-corrected chi connectivity index (χ2v) is 6.11. The standard InChI is InChI=1S/C16H22N2O6S/c1-25-8-7-12(15(21)22)17-14(20)13(9-19)18-16(23)24-10-11-5-3-2-4-6-11/h2-6,12-13,19H,7-10H2,1H3,(H,17,20)(H,18,23)(H,21,22)/t12-,13-/m1/s1. The number of carbonyl (C=O) groups is 3. The van der Waals surface area contributed by atoms with E-state index in [9.17, 15) is 19.5 Å². The molecule has 0 fully saturated rings. The number of amides is 2. The van der Waals surface area contributed by atoms with E-state index in [1.54, 1.807) is 24.3 Å². The van der Waals surface area contributed by atoms with Crippen LogP contribution in [0.15, 0.2) is 30.3 Å². The van der Waals surface area contributed by atoms with Crippen molar-refractivity contribution in [2.75, 3.05) is 18.6 Å². The summed E-state index contributed by atoms with van der Waals surface area (Å²) in [6.45, 7) is -0.668. The fourth-order valence-corrected chi connectivity index (χ4v) is 2.34. The maximum absolute atomic E-state index is 12.1. The lowest BCUT2D eigenvalue weighted by Crippen LogP contribution is -2.53. The molecule has 0 heterocycles. The highest BCUT2D eigenvalue weighted by atomic mass is 32.2. The lowest BCUT2D eigenvalue weighted by atomic mass is 10.2. The molecular formula is C16H22N2O6S. The number of aliphatic hydroxyl groups excluding tert-OH is 1. The second-order valence-electron chi connectivity index (χ2n) is 5.12. The molecular weight excluding hydrogens is 348 g/mol. The van der Waals surface area contributed by atoms with Crippen molar-refractivity contribution in [1.82, 2.24) is 10.6 Å². The minimum atomic E-state index is -1.29. The minimum Gasteiger partial charge on any atom is -0.480 e. The molecule has 0 aliphatic heterocycles. The Labute approximate surface area is 149 Å². The molecule has 0 aromatic heterocycles. The number of aliphatic carboxylic acids is 1. The molecule has 0 saturated carbocycles. The normalized spacial score (nSPS) is 12.7. The summed E-state index contributed by atoms with van der Waals surface area (Å²) < 4.78 is 4.97. The SMILES string of the molecule is CSCC[C@@H](NC(=O)[C@@H](CO)NC(=O)OCc1ccccc1)C(=O)O. The molecule has 4 N–H and O–H groups in total. The van der Waals surface area contributed by atoms with E-state index in [-0.39, 0.29) is 13.0 Å². The number of aliphatic hydroxyl groups is 1. The highest BCUT2D eigenvalue weighted by molar-refractivity contribution is 7.98. The summed E-state index contributed by atoms with van der Waals surface area (Å²) in [5.41, 5.74) is 0.769. The molecule has 0 spiro atoms. The molecule has 0 saturated heterocycles. The van der Waals surface area contributed by atoms with Crippen LogP contribution >= 0.6 is 11.8 Å². The molecule has 0 bridgehead atoms. The van der Waals surface area contributed by atoms with Gasteiger partial charge in [0, 0.05) is 0 Å². The Hall–Kier alpha value is -2.26. The van der Waals surface area contributed by atoms with Gasteiger partial charge >= 0.3 is 12.1 Å². The van der Waals surface area contributed by atoms with Crippen molar-refractivity contribution in [1.29, 1.82) is 0 Å². The Balaban J connectivity index is 2.51. The molecule has 8 nitrogen and oxygen atoms in total. The van der Waals surface area contributed by atoms with E-state index in [4.69, 9.17) is 9.84 Å². The highest BCUT2D eigenvalue weighted by Crippen LogP contribution is 2.03. The fraction of sp³-hybridized carbons (Fsp3) is 0.438. The molecule has 9 heteroatoms. The van der Waals surface area contributed by atoms with Gasteiger partial charge in [0.25, 0.3) is 0 Å².